The second-order valence-electron chi connectivity index (χ2n) is 11.0. The van der Waals surface area contributed by atoms with Crippen LogP contribution in [0.4, 0.5) is 0 Å². The maximum absolute atomic E-state index is 13.7. The van der Waals surface area contributed by atoms with Crippen LogP contribution in [-0.2, 0) is 33.9 Å². The Kier molecular flexibility index (Phi) is 9.67. The van der Waals surface area contributed by atoms with Crippen LogP contribution in [0.1, 0.15) is 50.4 Å². The summed E-state index contributed by atoms with van der Waals surface area (Å²) in [6.45, 7) is -0.800. The smallest absolute Gasteiger partial charge is 0.343 e. The van der Waals surface area contributed by atoms with E-state index in [0.29, 0.717) is 12.0 Å². The number of ketones is 1. The van der Waals surface area contributed by atoms with E-state index in [1.165, 1.54) is 18.3 Å². The number of Topliss-reactive ketones (excluding diaryl/α,β-unsaturated/α-hetero) is 1. The zero-order chi connectivity index (χ0) is 36.3. The van der Waals surface area contributed by atoms with Crippen molar-refractivity contribution in [2.45, 2.75) is 38.5 Å². The number of rotatable bonds is 12. The van der Waals surface area contributed by atoms with Gasteiger partial charge in [-0.25, -0.2) is 14.3 Å². The van der Waals surface area contributed by atoms with Crippen molar-refractivity contribution in [2.24, 2.45) is 5.73 Å². The number of hydrogen-bond donors (Lipinski definition) is 9. The zero-order valence-corrected chi connectivity index (χ0v) is 25.8. The summed E-state index contributed by atoms with van der Waals surface area (Å²) in [4.78, 5) is 64.3. The van der Waals surface area contributed by atoms with Gasteiger partial charge >= 0.3 is 11.9 Å². The quantitative estimate of drug-likeness (QED) is 0.0315. The van der Waals surface area contributed by atoms with E-state index in [0.717, 1.165) is 23.1 Å². The van der Waals surface area contributed by atoms with E-state index in [-0.39, 0.29) is 53.3 Å². The fourth-order valence-corrected chi connectivity index (χ4v) is 5.20. The van der Waals surface area contributed by atoms with Gasteiger partial charge in [0.05, 0.1) is 17.1 Å². The predicted molar refractivity (Wildman–Crippen MR) is 169 cm³/mol. The molecule has 0 bridgehead atoms. The normalized spacial score (nSPS) is 12.9. The molecule has 0 spiro atoms. The first-order valence-corrected chi connectivity index (χ1v) is 14.7. The molecule has 0 unspecified atom stereocenters. The molecule has 4 aromatic rings. The summed E-state index contributed by atoms with van der Waals surface area (Å²) >= 11 is 0. The molecular formula is C31H29N7O12. The van der Waals surface area contributed by atoms with Crippen LogP contribution >= 0.6 is 0 Å². The molecule has 2 aromatic heterocycles. The number of carbonyl (C=O) groups excluding carboxylic acids is 3. The summed E-state index contributed by atoms with van der Waals surface area (Å²) in [6.07, 6.45) is 4.02. The van der Waals surface area contributed by atoms with Gasteiger partial charge in [0.25, 0.3) is 0 Å². The van der Waals surface area contributed by atoms with Crippen molar-refractivity contribution in [3.8, 4) is 23.0 Å². The molecule has 1 aliphatic carbocycles. The summed E-state index contributed by atoms with van der Waals surface area (Å²) in [5.41, 5.74) is 3.17. The number of phenolic OH excluding ortho intramolecular Hbond substituents is 4. The highest BCUT2D eigenvalue weighted by Gasteiger charge is 2.30. The molecule has 0 saturated carbocycles. The number of aromatic nitrogens is 3. The first-order chi connectivity index (χ1) is 23.7. The molecule has 1 aliphatic rings. The van der Waals surface area contributed by atoms with E-state index in [9.17, 15) is 49.5 Å². The molecule has 2 heterocycles. The van der Waals surface area contributed by atoms with E-state index >= 15 is 0 Å². The molecule has 5 rings (SSSR count). The van der Waals surface area contributed by atoms with Gasteiger partial charge in [-0.3, -0.25) is 19.8 Å². The monoisotopic (exact) mass is 691 g/mol. The molecule has 0 fully saturated rings. The van der Waals surface area contributed by atoms with E-state index in [1.54, 1.807) is 0 Å². The number of aromatic hydroxyl groups is 4. The third-order valence-electron chi connectivity index (χ3n) is 7.59. The number of guanidine groups is 1. The Morgan fingerprint density at radius 1 is 1.08 bits per heavy atom. The Morgan fingerprint density at radius 2 is 1.82 bits per heavy atom. The van der Waals surface area contributed by atoms with Crippen molar-refractivity contribution in [1.82, 2.24) is 25.6 Å². The Labute approximate surface area is 279 Å². The minimum atomic E-state index is -1.29. The highest BCUT2D eigenvalue weighted by atomic mass is 16.5. The lowest BCUT2D eigenvalue weighted by Crippen LogP contribution is -2.43. The van der Waals surface area contributed by atoms with Crippen molar-refractivity contribution in [2.75, 3.05) is 6.54 Å². The number of amides is 1. The van der Waals surface area contributed by atoms with Gasteiger partial charge in [-0.15, -0.1) is 5.10 Å². The van der Waals surface area contributed by atoms with E-state index in [2.05, 4.69) is 20.9 Å². The Balaban J connectivity index is 1.31. The van der Waals surface area contributed by atoms with Gasteiger partial charge in [0.15, 0.2) is 34.7 Å². The number of hydrogen-bond acceptors (Lipinski definition) is 14. The van der Waals surface area contributed by atoms with Crippen LogP contribution in [0.15, 0.2) is 45.9 Å². The number of allylic oxidation sites excluding steroid dienone is 2. The number of nitrogens with two attached hydrogens (primary N) is 1. The summed E-state index contributed by atoms with van der Waals surface area (Å²) in [7, 11) is 0. The summed E-state index contributed by atoms with van der Waals surface area (Å²) in [5.74, 6) is -7.03. The molecule has 1 amide bonds. The Hall–Kier alpha value is -6.92. The third kappa shape index (κ3) is 7.15. The second kappa shape index (κ2) is 14.1. The number of nitrogens with zero attached hydrogens (tertiary/aromatic N) is 3. The van der Waals surface area contributed by atoms with Gasteiger partial charge in [0, 0.05) is 23.7 Å². The summed E-state index contributed by atoms with van der Waals surface area (Å²) in [6, 6.07) is 1.95. The lowest BCUT2D eigenvalue weighted by molar-refractivity contribution is -0.142. The van der Waals surface area contributed by atoms with Gasteiger partial charge in [0.1, 0.15) is 42.3 Å². The number of aliphatic carboxylic acids is 1. The molecule has 0 radical (unpaired) electrons. The number of benzene rings is 2. The second-order valence-corrected chi connectivity index (χ2v) is 11.0. The highest BCUT2D eigenvalue weighted by molar-refractivity contribution is 6.30. The molecule has 0 aliphatic heterocycles. The van der Waals surface area contributed by atoms with Gasteiger partial charge in [-0.05, 0) is 37.0 Å². The highest BCUT2D eigenvalue weighted by Crippen LogP contribution is 2.38. The lowest BCUT2D eigenvalue weighted by Gasteiger charge is -2.17. The van der Waals surface area contributed by atoms with Gasteiger partial charge in [-0.2, -0.15) is 0 Å². The van der Waals surface area contributed by atoms with Crippen LogP contribution in [-0.4, -0.2) is 82.7 Å². The molecule has 260 valence electrons. The zero-order valence-electron chi connectivity index (χ0n) is 25.8. The number of esters is 1. The molecular weight excluding hydrogens is 662 g/mol. The lowest BCUT2D eigenvalue weighted by atomic mass is 9.86. The van der Waals surface area contributed by atoms with E-state index in [1.807, 2.05) is 0 Å². The van der Waals surface area contributed by atoms with Crippen LogP contribution in [0.2, 0.25) is 0 Å². The minimum absolute atomic E-state index is 0.0128. The SMILES string of the molecule is N=C(N)NCCC[C@H](NC(=O)Cn1cc(COC(=O)c2c(O)c(O)cc3occ(C4=CCc5cc(O)c(O)cc5C4=O)c(=O)c23)nn1)C(=O)O. The van der Waals surface area contributed by atoms with Crippen LogP contribution in [0.5, 0.6) is 23.0 Å². The van der Waals surface area contributed by atoms with Gasteiger partial charge in [-0.1, -0.05) is 11.3 Å². The molecule has 0 saturated heterocycles. The van der Waals surface area contributed by atoms with Crippen LogP contribution in [0.3, 0.4) is 0 Å². The summed E-state index contributed by atoms with van der Waals surface area (Å²) in [5, 5.41) is 69.0. The molecule has 50 heavy (non-hydrogen) atoms. The van der Waals surface area contributed by atoms with E-state index < -0.39 is 82.2 Å². The van der Waals surface area contributed by atoms with Crippen molar-refractivity contribution < 1.29 is 53.9 Å². The largest absolute Gasteiger partial charge is 0.504 e. The maximum Gasteiger partial charge on any atom is 0.343 e. The standard InChI is InChI=1S/C31H29N7O12/c32-31(33)34-5-1-2-18(29(46)47)35-23(42)10-38-9-14(36-37-38)11-50-30(48)25-24-22(8-21(41)28(25)45)49-12-17(27(24)44)15-4-3-13-6-19(39)20(40)7-16(13)26(15)43/h4,6-9,12,18,39-41,45H,1-3,5,10-11H2,(H,35,42)(H,46,47)(H4,32,33,34)/t18-/m0/s1. The van der Waals surface area contributed by atoms with Gasteiger partial charge in [0.2, 0.25) is 11.3 Å². The summed E-state index contributed by atoms with van der Waals surface area (Å²) < 4.78 is 11.8. The van der Waals surface area contributed by atoms with Crippen LogP contribution in [0, 0.1) is 5.41 Å². The van der Waals surface area contributed by atoms with Crippen molar-refractivity contribution in [3.05, 3.63) is 74.9 Å². The molecule has 10 N–H and O–H groups in total. The van der Waals surface area contributed by atoms with Crippen LogP contribution in [0.25, 0.3) is 16.5 Å². The molecule has 19 heteroatoms. The topological polar surface area (TPSA) is 314 Å². The predicted octanol–water partition coefficient (Wildman–Crippen LogP) is 0.219. The number of carboxylic acids is 1. The third-order valence-corrected chi connectivity index (χ3v) is 7.59. The number of nitrogens with one attached hydrogen (secondary N) is 3. The van der Waals surface area contributed by atoms with Gasteiger partial charge < -0.3 is 51.1 Å². The number of carbonyl (C=O) groups is 4. The van der Waals surface area contributed by atoms with Crippen molar-refractivity contribution in [1.29, 1.82) is 5.41 Å². The Bertz CT molecular complexity index is 2150. The first-order valence-electron chi connectivity index (χ1n) is 14.7. The van der Waals surface area contributed by atoms with Crippen LogP contribution < -0.4 is 21.8 Å². The average Bonchev–Trinajstić information content (AvgIpc) is 3.50. The number of phenols is 4. The molecule has 1 atom stereocenters. The fourth-order valence-electron chi connectivity index (χ4n) is 5.20. The Morgan fingerprint density at radius 3 is 2.54 bits per heavy atom. The van der Waals surface area contributed by atoms with E-state index in [4.69, 9.17) is 20.3 Å². The average molecular weight is 692 g/mol. The molecule has 19 nitrogen and oxygen atoms in total. The maximum atomic E-state index is 13.7. The fraction of sp³-hybridized carbons (Fsp3) is 0.226. The van der Waals surface area contributed by atoms with Crippen molar-refractivity contribution in [3.63, 3.8) is 0 Å². The number of ether oxygens (including phenoxy) is 1. The minimum Gasteiger partial charge on any atom is -0.504 e. The number of carboxylic acid groups (broad SMARTS) is 1. The molecule has 2 aromatic carbocycles. The number of fused-ring (bicyclic) bond motifs is 2. The first kappa shape index (κ1) is 34.4. The van der Waals surface area contributed by atoms with Crippen molar-refractivity contribution >= 4 is 46.1 Å².